The maximum absolute atomic E-state index is 13.2. The summed E-state index contributed by atoms with van der Waals surface area (Å²) in [4.78, 5) is 0. The van der Waals surface area contributed by atoms with E-state index in [-0.39, 0.29) is 5.82 Å². The van der Waals surface area contributed by atoms with Crippen molar-refractivity contribution in [2.45, 2.75) is 12.8 Å². The van der Waals surface area contributed by atoms with Crippen molar-refractivity contribution in [3.8, 4) is 5.75 Å². The molecule has 0 amide bonds. The Morgan fingerprint density at radius 2 is 1.70 bits per heavy atom. The molecule has 0 heterocycles. The van der Waals surface area contributed by atoms with Crippen LogP contribution in [0.15, 0.2) is 48.5 Å². The zero-order chi connectivity index (χ0) is 14.4. The number of methoxy groups -OCH3 is 1. The predicted octanol–water partition coefficient (Wildman–Crippen LogP) is 3.19. The zero-order valence-electron chi connectivity index (χ0n) is 11.7. The van der Waals surface area contributed by atoms with E-state index in [2.05, 4.69) is 6.07 Å². The summed E-state index contributed by atoms with van der Waals surface area (Å²) in [6.45, 7) is 0.577. The van der Waals surface area contributed by atoms with Crippen LogP contribution in [-0.2, 0) is 12.8 Å². The van der Waals surface area contributed by atoms with Crippen LogP contribution in [0.1, 0.15) is 11.1 Å². The first-order valence-electron chi connectivity index (χ1n) is 6.78. The van der Waals surface area contributed by atoms with E-state index in [9.17, 15) is 4.39 Å². The molecule has 0 bridgehead atoms. The summed E-state index contributed by atoms with van der Waals surface area (Å²) in [5, 5.41) is 0. The Hall–Kier alpha value is -1.87. The molecule has 0 saturated heterocycles. The molecule has 0 radical (unpaired) electrons. The highest BCUT2D eigenvalue weighted by molar-refractivity contribution is 5.29. The van der Waals surface area contributed by atoms with Gasteiger partial charge in [0.15, 0.2) is 0 Å². The summed E-state index contributed by atoms with van der Waals surface area (Å²) in [5.74, 6) is 0.951. The van der Waals surface area contributed by atoms with E-state index in [4.69, 9.17) is 10.5 Å². The number of halogens is 1. The van der Waals surface area contributed by atoms with Crippen molar-refractivity contribution in [2.24, 2.45) is 11.7 Å². The van der Waals surface area contributed by atoms with E-state index in [1.807, 2.05) is 24.3 Å². The molecule has 20 heavy (non-hydrogen) atoms. The molecular formula is C17H20FNO. The van der Waals surface area contributed by atoms with Crippen molar-refractivity contribution in [2.75, 3.05) is 13.7 Å². The van der Waals surface area contributed by atoms with Gasteiger partial charge in [-0.3, -0.25) is 0 Å². The molecule has 0 fully saturated rings. The van der Waals surface area contributed by atoms with Gasteiger partial charge in [-0.15, -0.1) is 0 Å². The third-order valence-electron chi connectivity index (χ3n) is 3.41. The molecule has 0 aliphatic rings. The quantitative estimate of drug-likeness (QED) is 0.877. The van der Waals surface area contributed by atoms with Crippen LogP contribution in [0.2, 0.25) is 0 Å². The van der Waals surface area contributed by atoms with Gasteiger partial charge in [-0.1, -0.05) is 24.3 Å². The molecule has 2 N–H and O–H groups in total. The largest absolute Gasteiger partial charge is 0.497 e. The van der Waals surface area contributed by atoms with Crippen LogP contribution in [0, 0.1) is 11.7 Å². The fourth-order valence-corrected chi connectivity index (χ4v) is 2.37. The molecule has 2 rings (SSSR count). The first-order valence-corrected chi connectivity index (χ1v) is 6.78. The van der Waals surface area contributed by atoms with Crippen molar-refractivity contribution < 1.29 is 9.13 Å². The molecule has 0 saturated carbocycles. The van der Waals surface area contributed by atoms with Gasteiger partial charge in [-0.2, -0.15) is 0 Å². The molecule has 2 aromatic carbocycles. The Bertz CT molecular complexity index is 556. The standard InChI is InChI=1S/C17H20FNO/c1-20-17-7-3-5-14(11-17)9-15(12-19)8-13-4-2-6-16(18)10-13/h2-7,10-11,15H,8-9,12,19H2,1H3. The molecule has 2 nitrogen and oxygen atoms in total. The van der Waals surface area contributed by atoms with Gasteiger partial charge >= 0.3 is 0 Å². The van der Waals surface area contributed by atoms with E-state index in [0.29, 0.717) is 12.5 Å². The van der Waals surface area contributed by atoms with Gasteiger partial charge in [-0.25, -0.2) is 4.39 Å². The molecule has 3 heteroatoms. The average Bonchev–Trinajstić information content (AvgIpc) is 2.47. The second-order valence-corrected chi connectivity index (χ2v) is 4.99. The van der Waals surface area contributed by atoms with Crippen LogP contribution in [0.4, 0.5) is 4.39 Å². The topological polar surface area (TPSA) is 35.2 Å². The van der Waals surface area contributed by atoms with Crippen molar-refractivity contribution in [1.82, 2.24) is 0 Å². The summed E-state index contributed by atoms with van der Waals surface area (Å²) < 4.78 is 18.4. The Morgan fingerprint density at radius 1 is 1.05 bits per heavy atom. The van der Waals surface area contributed by atoms with Gasteiger partial charge in [-0.05, 0) is 60.7 Å². The normalized spacial score (nSPS) is 12.2. The van der Waals surface area contributed by atoms with E-state index >= 15 is 0 Å². The lowest BCUT2D eigenvalue weighted by atomic mass is 9.92. The van der Waals surface area contributed by atoms with Crippen molar-refractivity contribution in [1.29, 1.82) is 0 Å². The lowest BCUT2D eigenvalue weighted by Crippen LogP contribution is -2.19. The van der Waals surface area contributed by atoms with Crippen molar-refractivity contribution >= 4 is 0 Å². The summed E-state index contributed by atoms with van der Waals surface area (Å²) in [7, 11) is 1.66. The molecular weight excluding hydrogens is 253 g/mol. The maximum atomic E-state index is 13.2. The third-order valence-corrected chi connectivity index (χ3v) is 3.41. The second kappa shape index (κ2) is 7.06. The number of rotatable bonds is 6. The molecule has 2 aromatic rings. The molecule has 1 unspecified atom stereocenters. The molecule has 0 spiro atoms. The molecule has 1 atom stereocenters. The van der Waals surface area contributed by atoms with Crippen LogP contribution >= 0.6 is 0 Å². The number of nitrogens with two attached hydrogens (primary N) is 1. The summed E-state index contributed by atoms with van der Waals surface area (Å²) in [6, 6.07) is 14.7. The smallest absolute Gasteiger partial charge is 0.123 e. The average molecular weight is 273 g/mol. The summed E-state index contributed by atoms with van der Waals surface area (Å²) in [6.07, 6.45) is 1.65. The highest BCUT2D eigenvalue weighted by Crippen LogP contribution is 2.18. The van der Waals surface area contributed by atoms with Crippen LogP contribution in [0.5, 0.6) is 5.75 Å². The monoisotopic (exact) mass is 273 g/mol. The minimum atomic E-state index is -0.195. The molecule has 0 aromatic heterocycles. The van der Waals surface area contributed by atoms with Gasteiger partial charge in [0.2, 0.25) is 0 Å². The molecule has 106 valence electrons. The Kier molecular flexibility index (Phi) is 5.13. The lowest BCUT2D eigenvalue weighted by Gasteiger charge is -2.15. The Morgan fingerprint density at radius 3 is 2.30 bits per heavy atom. The Labute approximate surface area is 119 Å². The molecule has 0 aliphatic heterocycles. The zero-order valence-corrected chi connectivity index (χ0v) is 11.7. The fourth-order valence-electron chi connectivity index (χ4n) is 2.37. The SMILES string of the molecule is COc1cccc(CC(CN)Cc2cccc(F)c2)c1. The van der Waals surface area contributed by atoms with Gasteiger partial charge < -0.3 is 10.5 Å². The summed E-state index contributed by atoms with van der Waals surface area (Å²) in [5.41, 5.74) is 8.03. The van der Waals surface area contributed by atoms with Crippen LogP contribution in [-0.4, -0.2) is 13.7 Å². The highest BCUT2D eigenvalue weighted by atomic mass is 19.1. The Balaban J connectivity index is 2.05. The fraction of sp³-hybridized carbons (Fsp3) is 0.294. The third kappa shape index (κ3) is 4.07. The van der Waals surface area contributed by atoms with E-state index in [1.165, 1.54) is 11.6 Å². The van der Waals surface area contributed by atoms with E-state index in [1.54, 1.807) is 19.2 Å². The van der Waals surface area contributed by atoms with Crippen molar-refractivity contribution in [3.05, 3.63) is 65.5 Å². The van der Waals surface area contributed by atoms with Crippen LogP contribution in [0.3, 0.4) is 0 Å². The van der Waals surface area contributed by atoms with Gasteiger partial charge in [0.25, 0.3) is 0 Å². The second-order valence-electron chi connectivity index (χ2n) is 4.99. The van der Waals surface area contributed by atoms with Crippen LogP contribution < -0.4 is 10.5 Å². The first kappa shape index (κ1) is 14.5. The predicted molar refractivity (Wildman–Crippen MR) is 79.3 cm³/mol. The summed E-state index contributed by atoms with van der Waals surface area (Å²) >= 11 is 0. The number of benzene rings is 2. The maximum Gasteiger partial charge on any atom is 0.123 e. The van der Waals surface area contributed by atoms with Gasteiger partial charge in [0, 0.05) is 0 Å². The first-order chi connectivity index (χ1) is 9.71. The van der Waals surface area contributed by atoms with Gasteiger partial charge in [0.1, 0.15) is 11.6 Å². The molecule has 0 aliphatic carbocycles. The number of hydrogen-bond donors (Lipinski definition) is 1. The van der Waals surface area contributed by atoms with Gasteiger partial charge in [0.05, 0.1) is 7.11 Å². The number of ether oxygens (including phenoxy) is 1. The minimum Gasteiger partial charge on any atom is -0.497 e. The van der Waals surface area contributed by atoms with Crippen LogP contribution in [0.25, 0.3) is 0 Å². The number of hydrogen-bond acceptors (Lipinski definition) is 2. The van der Waals surface area contributed by atoms with Crippen molar-refractivity contribution in [3.63, 3.8) is 0 Å². The minimum absolute atomic E-state index is 0.195. The highest BCUT2D eigenvalue weighted by Gasteiger charge is 2.10. The van der Waals surface area contributed by atoms with E-state index in [0.717, 1.165) is 24.2 Å². The van der Waals surface area contributed by atoms with E-state index < -0.39 is 0 Å². The lowest BCUT2D eigenvalue weighted by molar-refractivity contribution is 0.413.